The Bertz CT molecular complexity index is 724. The molecule has 0 amide bonds. The van der Waals surface area contributed by atoms with Gasteiger partial charge in [0.25, 0.3) is 0 Å². The second-order valence-corrected chi connectivity index (χ2v) is 5.57. The van der Waals surface area contributed by atoms with Gasteiger partial charge < -0.3 is 4.57 Å². The molecule has 2 heterocycles. The molecule has 98 valence electrons. The van der Waals surface area contributed by atoms with Crippen molar-refractivity contribution in [3.63, 3.8) is 0 Å². The van der Waals surface area contributed by atoms with Crippen molar-refractivity contribution in [2.45, 2.75) is 19.9 Å². The molecule has 3 nitrogen and oxygen atoms in total. The molecule has 0 aliphatic heterocycles. The quantitative estimate of drug-likeness (QED) is 0.721. The molecule has 0 saturated heterocycles. The van der Waals surface area contributed by atoms with Crippen LogP contribution in [0.5, 0.6) is 0 Å². The van der Waals surface area contributed by atoms with Crippen molar-refractivity contribution in [1.29, 1.82) is 0 Å². The molecule has 0 bridgehead atoms. The van der Waals surface area contributed by atoms with Gasteiger partial charge in [-0.2, -0.15) is 5.10 Å². The van der Waals surface area contributed by atoms with E-state index in [1.165, 1.54) is 16.6 Å². The van der Waals surface area contributed by atoms with E-state index in [0.717, 1.165) is 23.1 Å². The molecular weight excluding hydrogens is 302 g/mol. The van der Waals surface area contributed by atoms with Crippen LogP contribution in [0.1, 0.15) is 18.3 Å². The van der Waals surface area contributed by atoms with E-state index in [0.29, 0.717) is 0 Å². The van der Waals surface area contributed by atoms with E-state index >= 15 is 0 Å². The van der Waals surface area contributed by atoms with E-state index in [4.69, 9.17) is 0 Å². The van der Waals surface area contributed by atoms with Gasteiger partial charge in [0.1, 0.15) is 0 Å². The minimum atomic E-state index is 0.851. The van der Waals surface area contributed by atoms with Crippen LogP contribution in [0.3, 0.4) is 0 Å². The maximum absolute atomic E-state index is 4.50. The lowest BCUT2D eigenvalue weighted by molar-refractivity contribution is 0.669. The Balaban J connectivity index is 2.01. The van der Waals surface area contributed by atoms with Crippen LogP contribution in [-0.2, 0) is 20.0 Å². The van der Waals surface area contributed by atoms with Gasteiger partial charge in [-0.1, -0.05) is 28.9 Å². The summed E-state index contributed by atoms with van der Waals surface area (Å²) in [7, 11) is 2.01. The largest absolute Gasteiger partial charge is 0.341 e. The highest BCUT2D eigenvalue weighted by Gasteiger charge is 2.08. The number of benzene rings is 1. The topological polar surface area (TPSA) is 22.8 Å². The van der Waals surface area contributed by atoms with Crippen molar-refractivity contribution in [1.82, 2.24) is 14.3 Å². The molecular formula is C15H16BrN3. The monoisotopic (exact) mass is 317 g/mol. The van der Waals surface area contributed by atoms with Gasteiger partial charge >= 0.3 is 0 Å². The van der Waals surface area contributed by atoms with Crippen molar-refractivity contribution in [2.75, 3.05) is 0 Å². The lowest BCUT2D eigenvalue weighted by atomic mass is 10.2. The number of nitrogens with zero attached hydrogens (tertiary/aromatic N) is 3. The lowest BCUT2D eigenvalue weighted by Gasteiger charge is -2.06. The zero-order chi connectivity index (χ0) is 13.4. The highest BCUT2D eigenvalue weighted by atomic mass is 79.9. The van der Waals surface area contributed by atoms with Crippen LogP contribution in [0.25, 0.3) is 10.9 Å². The van der Waals surface area contributed by atoms with Crippen molar-refractivity contribution in [3.8, 4) is 0 Å². The molecule has 0 saturated carbocycles. The fourth-order valence-electron chi connectivity index (χ4n) is 2.39. The average molecular weight is 318 g/mol. The summed E-state index contributed by atoms with van der Waals surface area (Å²) >= 11 is 3.59. The molecule has 3 aromatic rings. The first-order valence-corrected chi connectivity index (χ1v) is 7.23. The summed E-state index contributed by atoms with van der Waals surface area (Å²) in [4.78, 5) is 0. The highest BCUT2D eigenvalue weighted by molar-refractivity contribution is 9.10. The van der Waals surface area contributed by atoms with Crippen LogP contribution in [0.15, 0.2) is 41.0 Å². The van der Waals surface area contributed by atoms with E-state index in [1.807, 2.05) is 11.7 Å². The average Bonchev–Trinajstić information content (AvgIpc) is 2.96. The van der Waals surface area contributed by atoms with Gasteiger partial charge in [0.15, 0.2) is 0 Å². The predicted octanol–water partition coefficient (Wildman–Crippen LogP) is 3.75. The van der Waals surface area contributed by atoms with Crippen LogP contribution in [-0.4, -0.2) is 14.3 Å². The van der Waals surface area contributed by atoms with Crippen molar-refractivity contribution in [2.24, 2.45) is 7.05 Å². The molecule has 19 heavy (non-hydrogen) atoms. The summed E-state index contributed by atoms with van der Waals surface area (Å²) < 4.78 is 5.38. The number of hydrogen-bond donors (Lipinski definition) is 0. The Kier molecular flexibility index (Phi) is 3.19. The van der Waals surface area contributed by atoms with Gasteiger partial charge in [-0.05, 0) is 30.7 Å². The number of fused-ring (bicyclic) bond motifs is 1. The first-order valence-electron chi connectivity index (χ1n) is 6.44. The summed E-state index contributed by atoms with van der Waals surface area (Å²) in [5, 5.41) is 5.75. The summed E-state index contributed by atoms with van der Waals surface area (Å²) in [5.74, 6) is 0. The summed E-state index contributed by atoms with van der Waals surface area (Å²) in [6.07, 6.45) is 3.11. The van der Waals surface area contributed by atoms with Gasteiger partial charge in [0.2, 0.25) is 0 Å². The van der Waals surface area contributed by atoms with Gasteiger partial charge in [-0.3, -0.25) is 4.68 Å². The molecule has 0 spiro atoms. The molecule has 0 aliphatic rings. The van der Waals surface area contributed by atoms with Gasteiger partial charge in [0, 0.05) is 28.6 Å². The third kappa shape index (κ3) is 2.21. The number of aryl methyl sites for hydroxylation is 2. The van der Waals surface area contributed by atoms with Crippen LogP contribution < -0.4 is 0 Å². The van der Waals surface area contributed by atoms with E-state index < -0.39 is 0 Å². The van der Waals surface area contributed by atoms with Crippen LogP contribution >= 0.6 is 15.9 Å². The van der Waals surface area contributed by atoms with Crippen LogP contribution in [0.4, 0.5) is 0 Å². The van der Waals surface area contributed by atoms with Crippen molar-refractivity contribution >= 4 is 26.8 Å². The van der Waals surface area contributed by atoms with E-state index in [2.05, 4.69) is 69.0 Å². The molecule has 0 aliphatic carbocycles. The highest BCUT2D eigenvalue weighted by Crippen LogP contribution is 2.25. The molecule has 3 rings (SSSR count). The number of hydrogen-bond acceptors (Lipinski definition) is 1. The summed E-state index contributed by atoms with van der Waals surface area (Å²) in [6.45, 7) is 2.98. The van der Waals surface area contributed by atoms with Gasteiger partial charge in [-0.15, -0.1) is 0 Å². The summed E-state index contributed by atoms with van der Waals surface area (Å²) in [5.41, 5.74) is 3.62. The van der Waals surface area contributed by atoms with Crippen LogP contribution in [0, 0.1) is 0 Å². The SMILES string of the molecule is CCc1cc(Cn2ccc3c(Br)cccc32)n(C)n1. The molecule has 0 unspecified atom stereocenters. The first kappa shape index (κ1) is 12.5. The van der Waals surface area contributed by atoms with Crippen molar-refractivity contribution < 1.29 is 0 Å². The zero-order valence-corrected chi connectivity index (χ0v) is 12.7. The maximum Gasteiger partial charge on any atom is 0.0645 e. The molecule has 1 aromatic carbocycles. The Morgan fingerprint density at radius 2 is 2.11 bits per heavy atom. The lowest BCUT2D eigenvalue weighted by Crippen LogP contribution is -2.04. The zero-order valence-electron chi connectivity index (χ0n) is 11.1. The standard InChI is InChI=1S/C15H16BrN3/c1-3-11-9-12(18(2)17-11)10-19-8-7-13-14(16)5-4-6-15(13)19/h4-9H,3,10H2,1-2H3. The predicted molar refractivity (Wildman–Crippen MR) is 81.3 cm³/mol. The molecule has 0 atom stereocenters. The second kappa shape index (κ2) is 4.85. The molecule has 0 fully saturated rings. The Morgan fingerprint density at radius 3 is 2.84 bits per heavy atom. The third-order valence-corrected chi connectivity index (χ3v) is 4.17. The smallest absolute Gasteiger partial charge is 0.0645 e. The first-order chi connectivity index (χ1) is 9.19. The fourth-order valence-corrected chi connectivity index (χ4v) is 2.88. The maximum atomic E-state index is 4.50. The molecule has 2 aromatic heterocycles. The Hall–Kier alpha value is -1.55. The fraction of sp³-hybridized carbons (Fsp3) is 0.267. The summed E-state index contributed by atoms with van der Waals surface area (Å²) in [6, 6.07) is 10.6. The number of halogens is 1. The minimum absolute atomic E-state index is 0.851. The second-order valence-electron chi connectivity index (χ2n) is 4.72. The Morgan fingerprint density at radius 1 is 1.26 bits per heavy atom. The molecule has 0 radical (unpaired) electrons. The minimum Gasteiger partial charge on any atom is -0.341 e. The normalized spacial score (nSPS) is 11.3. The van der Waals surface area contributed by atoms with Crippen molar-refractivity contribution in [3.05, 3.63) is 52.4 Å². The van der Waals surface area contributed by atoms with Gasteiger partial charge in [0.05, 0.1) is 17.9 Å². The van der Waals surface area contributed by atoms with E-state index in [1.54, 1.807) is 0 Å². The Labute approximate surface area is 121 Å². The van der Waals surface area contributed by atoms with Gasteiger partial charge in [-0.25, -0.2) is 0 Å². The number of aromatic nitrogens is 3. The molecule has 4 heteroatoms. The van der Waals surface area contributed by atoms with Crippen LogP contribution in [0.2, 0.25) is 0 Å². The molecule has 0 N–H and O–H groups in total. The van der Waals surface area contributed by atoms with E-state index in [9.17, 15) is 0 Å². The number of rotatable bonds is 3. The van der Waals surface area contributed by atoms with E-state index in [-0.39, 0.29) is 0 Å². The third-order valence-electron chi connectivity index (χ3n) is 3.48.